The number of methoxy groups -OCH3 is 3. The summed E-state index contributed by atoms with van der Waals surface area (Å²) < 4.78 is 17.8. The molecule has 1 atom stereocenters. The highest BCUT2D eigenvalue weighted by Gasteiger charge is 2.17. The van der Waals surface area contributed by atoms with Crippen LogP contribution in [0, 0.1) is 0 Å². The number of amides is 1. The van der Waals surface area contributed by atoms with E-state index >= 15 is 0 Å². The molecular weight excluding hydrogens is 410 g/mol. The number of aromatic nitrogens is 3. The lowest BCUT2D eigenvalue weighted by molar-refractivity contribution is -0.122. The van der Waals surface area contributed by atoms with Crippen molar-refractivity contribution >= 4 is 5.91 Å². The van der Waals surface area contributed by atoms with Gasteiger partial charge in [-0.1, -0.05) is 12.1 Å². The first-order valence-electron chi connectivity index (χ1n) is 10.2. The summed E-state index contributed by atoms with van der Waals surface area (Å²) in [5.41, 5.74) is 2.89. The lowest BCUT2D eigenvalue weighted by atomic mass is 10.1. The Labute approximate surface area is 187 Å². The van der Waals surface area contributed by atoms with E-state index in [2.05, 4.69) is 22.3 Å². The molecule has 0 fully saturated rings. The van der Waals surface area contributed by atoms with Crippen molar-refractivity contribution in [3.05, 3.63) is 60.2 Å². The van der Waals surface area contributed by atoms with Crippen molar-refractivity contribution in [1.82, 2.24) is 25.0 Å². The molecule has 3 rings (SSSR count). The SMILES string of the molecule is COc1cc(CNC(=O)CN(C)C(C)c2ccc(-n3cncn3)cc2)cc(OC)c1OC. The molecule has 0 saturated heterocycles. The fourth-order valence-electron chi connectivity index (χ4n) is 3.36. The molecule has 0 aliphatic carbocycles. The number of rotatable bonds is 10. The summed E-state index contributed by atoms with van der Waals surface area (Å²) in [6.45, 7) is 2.68. The minimum atomic E-state index is -0.0765. The topological polar surface area (TPSA) is 90.7 Å². The Hall–Kier alpha value is -3.59. The molecule has 1 unspecified atom stereocenters. The van der Waals surface area contributed by atoms with Crippen LogP contribution in [0.1, 0.15) is 24.1 Å². The second kappa shape index (κ2) is 10.6. The van der Waals surface area contributed by atoms with Gasteiger partial charge in [-0.2, -0.15) is 5.10 Å². The maximum Gasteiger partial charge on any atom is 0.234 e. The molecule has 3 aromatic rings. The number of hydrogen-bond donors (Lipinski definition) is 1. The van der Waals surface area contributed by atoms with Crippen LogP contribution in [0.15, 0.2) is 49.1 Å². The molecule has 0 bridgehead atoms. The first-order valence-corrected chi connectivity index (χ1v) is 10.2. The van der Waals surface area contributed by atoms with Gasteiger partial charge >= 0.3 is 0 Å². The smallest absolute Gasteiger partial charge is 0.234 e. The number of benzene rings is 2. The van der Waals surface area contributed by atoms with E-state index in [-0.39, 0.29) is 18.5 Å². The zero-order valence-electron chi connectivity index (χ0n) is 19.0. The standard InChI is InChI=1S/C23H29N5O4/c1-16(18-6-8-19(9-7-18)28-15-24-14-26-28)27(2)13-22(29)25-12-17-10-20(30-3)23(32-5)21(11-17)31-4/h6-11,14-16H,12-13H2,1-5H3,(H,25,29). The molecule has 1 aromatic heterocycles. The van der Waals surface area contributed by atoms with Crippen LogP contribution >= 0.6 is 0 Å². The van der Waals surface area contributed by atoms with Gasteiger partial charge in [-0.15, -0.1) is 0 Å². The second-order valence-electron chi connectivity index (χ2n) is 7.33. The molecule has 0 aliphatic rings. The van der Waals surface area contributed by atoms with Gasteiger partial charge in [-0.05, 0) is 49.4 Å². The summed E-state index contributed by atoms with van der Waals surface area (Å²) in [4.78, 5) is 18.5. The van der Waals surface area contributed by atoms with Crippen LogP contribution in [0.3, 0.4) is 0 Å². The third-order valence-corrected chi connectivity index (χ3v) is 5.33. The normalized spacial score (nSPS) is 11.8. The highest BCUT2D eigenvalue weighted by atomic mass is 16.5. The molecule has 1 N–H and O–H groups in total. The van der Waals surface area contributed by atoms with E-state index in [9.17, 15) is 4.79 Å². The number of ether oxygens (including phenoxy) is 3. The molecule has 170 valence electrons. The first kappa shape index (κ1) is 23.1. The van der Waals surface area contributed by atoms with Crippen LogP contribution in [0.2, 0.25) is 0 Å². The van der Waals surface area contributed by atoms with Gasteiger partial charge < -0.3 is 19.5 Å². The van der Waals surface area contributed by atoms with Gasteiger partial charge in [0.1, 0.15) is 12.7 Å². The number of carbonyl (C=O) groups excluding carboxylic acids is 1. The van der Waals surface area contributed by atoms with E-state index in [0.717, 1.165) is 16.8 Å². The zero-order valence-corrected chi connectivity index (χ0v) is 19.0. The van der Waals surface area contributed by atoms with E-state index in [4.69, 9.17) is 14.2 Å². The summed E-state index contributed by atoms with van der Waals surface area (Å²) in [5, 5.41) is 7.08. The summed E-state index contributed by atoms with van der Waals surface area (Å²) >= 11 is 0. The summed E-state index contributed by atoms with van der Waals surface area (Å²) in [5.74, 6) is 1.55. The predicted octanol–water partition coefficient (Wildman–Crippen LogP) is 2.60. The fraction of sp³-hybridized carbons (Fsp3) is 0.348. The van der Waals surface area contributed by atoms with Crippen molar-refractivity contribution in [3.8, 4) is 22.9 Å². The van der Waals surface area contributed by atoms with Gasteiger partial charge in [0.25, 0.3) is 0 Å². The van der Waals surface area contributed by atoms with Crippen LogP contribution in [0.25, 0.3) is 5.69 Å². The Morgan fingerprint density at radius 3 is 2.28 bits per heavy atom. The number of carbonyl (C=O) groups is 1. The van der Waals surface area contributed by atoms with Crippen LogP contribution in [0.5, 0.6) is 17.2 Å². The van der Waals surface area contributed by atoms with Crippen molar-refractivity contribution in [2.75, 3.05) is 34.9 Å². The van der Waals surface area contributed by atoms with Crippen molar-refractivity contribution in [1.29, 1.82) is 0 Å². The quantitative estimate of drug-likeness (QED) is 0.519. The maximum atomic E-state index is 12.5. The average molecular weight is 440 g/mol. The van der Waals surface area contributed by atoms with Crippen molar-refractivity contribution in [3.63, 3.8) is 0 Å². The third-order valence-electron chi connectivity index (χ3n) is 5.33. The third kappa shape index (κ3) is 5.36. The lowest BCUT2D eigenvalue weighted by Crippen LogP contribution is -2.36. The monoisotopic (exact) mass is 439 g/mol. The molecule has 9 heteroatoms. The Balaban J connectivity index is 1.57. The molecule has 9 nitrogen and oxygen atoms in total. The minimum Gasteiger partial charge on any atom is -0.493 e. The lowest BCUT2D eigenvalue weighted by Gasteiger charge is -2.24. The second-order valence-corrected chi connectivity index (χ2v) is 7.33. The Morgan fingerprint density at radius 2 is 1.75 bits per heavy atom. The van der Waals surface area contributed by atoms with Crippen molar-refractivity contribution in [2.24, 2.45) is 0 Å². The van der Waals surface area contributed by atoms with Crippen LogP contribution in [-0.2, 0) is 11.3 Å². The molecular formula is C23H29N5O4. The molecule has 0 saturated carbocycles. The highest BCUT2D eigenvalue weighted by Crippen LogP contribution is 2.38. The zero-order chi connectivity index (χ0) is 23.1. The number of nitrogens with one attached hydrogen (secondary N) is 1. The predicted molar refractivity (Wildman–Crippen MR) is 120 cm³/mol. The fourth-order valence-corrected chi connectivity index (χ4v) is 3.36. The Bertz CT molecular complexity index is 996. The van der Waals surface area contributed by atoms with E-state index in [1.165, 1.54) is 6.33 Å². The number of likely N-dealkylation sites (N-methyl/N-ethyl adjacent to an activating group) is 1. The molecule has 1 heterocycles. The first-order chi connectivity index (χ1) is 15.5. The van der Waals surface area contributed by atoms with E-state index in [1.807, 2.05) is 48.3 Å². The molecule has 2 aromatic carbocycles. The van der Waals surface area contributed by atoms with E-state index in [1.54, 1.807) is 32.3 Å². The summed E-state index contributed by atoms with van der Waals surface area (Å²) in [7, 11) is 6.61. The average Bonchev–Trinajstić information content (AvgIpc) is 3.36. The van der Waals surface area contributed by atoms with E-state index < -0.39 is 0 Å². The summed E-state index contributed by atoms with van der Waals surface area (Å²) in [6, 6.07) is 11.7. The largest absolute Gasteiger partial charge is 0.493 e. The molecule has 0 spiro atoms. The van der Waals surface area contributed by atoms with E-state index in [0.29, 0.717) is 23.8 Å². The maximum absolute atomic E-state index is 12.5. The van der Waals surface area contributed by atoms with Gasteiger partial charge in [0, 0.05) is 12.6 Å². The molecule has 32 heavy (non-hydrogen) atoms. The van der Waals surface area contributed by atoms with Gasteiger partial charge in [-0.25, -0.2) is 9.67 Å². The molecule has 1 amide bonds. The number of nitrogens with zero attached hydrogens (tertiary/aromatic N) is 4. The minimum absolute atomic E-state index is 0.0618. The van der Waals surface area contributed by atoms with Crippen LogP contribution < -0.4 is 19.5 Å². The highest BCUT2D eigenvalue weighted by molar-refractivity contribution is 5.78. The van der Waals surface area contributed by atoms with Gasteiger partial charge in [0.05, 0.1) is 33.6 Å². The summed E-state index contributed by atoms with van der Waals surface area (Å²) in [6.07, 6.45) is 3.16. The van der Waals surface area contributed by atoms with Crippen LogP contribution in [0.4, 0.5) is 0 Å². The van der Waals surface area contributed by atoms with Gasteiger partial charge in [0.15, 0.2) is 11.5 Å². The van der Waals surface area contributed by atoms with Gasteiger partial charge in [-0.3, -0.25) is 9.69 Å². The number of hydrogen-bond acceptors (Lipinski definition) is 7. The molecule has 0 radical (unpaired) electrons. The molecule has 0 aliphatic heterocycles. The van der Waals surface area contributed by atoms with Crippen molar-refractivity contribution in [2.45, 2.75) is 19.5 Å². The van der Waals surface area contributed by atoms with Crippen LogP contribution in [-0.4, -0.2) is 60.5 Å². The van der Waals surface area contributed by atoms with Gasteiger partial charge in [0.2, 0.25) is 11.7 Å². The Kier molecular flexibility index (Phi) is 7.67. The van der Waals surface area contributed by atoms with Crippen molar-refractivity contribution < 1.29 is 19.0 Å². The Morgan fingerprint density at radius 1 is 1.09 bits per heavy atom.